The number of nitrogens with one attached hydrogen (secondary N) is 1. The van der Waals surface area contributed by atoms with E-state index in [-0.39, 0.29) is 11.8 Å². The third-order valence-electron chi connectivity index (χ3n) is 5.44. The number of hydrogen-bond donors (Lipinski definition) is 1. The molecule has 2 aromatic rings. The molecule has 2 aliphatic heterocycles. The first kappa shape index (κ1) is 19.0. The summed E-state index contributed by atoms with van der Waals surface area (Å²) in [6, 6.07) is 0. The Balaban J connectivity index is 1.42. The Morgan fingerprint density at radius 1 is 1.25 bits per heavy atom. The van der Waals surface area contributed by atoms with E-state index in [1.165, 1.54) is 11.3 Å². The van der Waals surface area contributed by atoms with Crippen LogP contribution in [0.5, 0.6) is 0 Å². The lowest BCUT2D eigenvalue weighted by molar-refractivity contribution is 0.0777. The van der Waals surface area contributed by atoms with Gasteiger partial charge in [-0.25, -0.2) is 4.98 Å². The maximum Gasteiger partial charge on any atom is 0.289 e. The van der Waals surface area contributed by atoms with Crippen LogP contribution in [0.25, 0.3) is 0 Å². The second kappa shape index (κ2) is 7.59. The predicted octanol–water partition coefficient (Wildman–Crippen LogP) is 0.279. The number of amides is 2. The fourth-order valence-corrected chi connectivity index (χ4v) is 4.54. The second-order valence-corrected chi connectivity index (χ2v) is 8.86. The zero-order valence-corrected chi connectivity index (χ0v) is 17.2. The fraction of sp³-hybridized carbons (Fsp3) is 0.611. The van der Waals surface area contributed by atoms with E-state index in [1.807, 2.05) is 40.8 Å². The van der Waals surface area contributed by atoms with Crippen LogP contribution in [0.4, 0.5) is 0 Å². The minimum atomic E-state index is -0.192. The van der Waals surface area contributed by atoms with Crippen LogP contribution in [0, 0.1) is 18.8 Å². The second-order valence-electron chi connectivity index (χ2n) is 7.80. The molecule has 1 saturated heterocycles. The van der Waals surface area contributed by atoms with E-state index >= 15 is 0 Å². The Hall–Kier alpha value is -2.33. The van der Waals surface area contributed by atoms with Crippen molar-refractivity contribution in [2.24, 2.45) is 11.8 Å². The maximum absolute atomic E-state index is 12.7. The summed E-state index contributed by atoms with van der Waals surface area (Å²) in [4.78, 5) is 33.4. The molecule has 0 saturated carbocycles. The minimum Gasteiger partial charge on any atom is -0.348 e. The van der Waals surface area contributed by atoms with E-state index in [4.69, 9.17) is 0 Å². The number of rotatable bonds is 5. The molecule has 0 aliphatic carbocycles. The first-order valence-electron chi connectivity index (χ1n) is 9.48. The molecule has 2 atom stereocenters. The molecule has 1 fully saturated rings. The smallest absolute Gasteiger partial charge is 0.289 e. The van der Waals surface area contributed by atoms with E-state index in [9.17, 15) is 9.59 Å². The number of fused-ring (bicyclic) bond motifs is 2. The number of carbonyl (C=O) groups excluding carboxylic acids is 2. The van der Waals surface area contributed by atoms with Gasteiger partial charge in [0.1, 0.15) is 11.5 Å². The van der Waals surface area contributed by atoms with Crippen molar-refractivity contribution in [2.75, 3.05) is 40.3 Å². The van der Waals surface area contributed by atoms with Crippen LogP contribution in [0.15, 0.2) is 5.38 Å². The van der Waals surface area contributed by atoms with Gasteiger partial charge in [0.2, 0.25) is 5.82 Å². The highest BCUT2D eigenvalue weighted by molar-refractivity contribution is 7.09. The van der Waals surface area contributed by atoms with Crippen molar-refractivity contribution in [3.05, 3.63) is 27.7 Å². The number of thiazole rings is 1. The highest BCUT2D eigenvalue weighted by Gasteiger charge is 2.41. The van der Waals surface area contributed by atoms with E-state index < -0.39 is 0 Å². The molecule has 4 rings (SSSR count). The number of hydrogen-bond acceptors (Lipinski definition) is 7. The molecular formula is C18H25N7O2S. The standard InChI is InChI=1S/C18H25N7O2S/c1-11-20-14(10-28-11)18(27)24-7-12-6-15-21-22-16(25(15)9-13(12)8-24)17(26)19-4-5-23(2)3/h10,12-13H,4-9H2,1-3H3,(H,19,26)/t12-,13-/m0/s1. The summed E-state index contributed by atoms with van der Waals surface area (Å²) in [5.74, 6) is 1.66. The normalized spacial score (nSPS) is 20.9. The highest BCUT2D eigenvalue weighted by Crippen LogP contribution is 2.33. The van der Waals surface area contributed by atoms with Crippen LogP contribution in [0.2, 0.25) is 0 Å². The van der Waals surface area contributed by atoms with Gasteiger partial charge < -0.3 is 19.7 Å². The number of nitrogens with zero attached hydrogens (tertiary/aromatic N) is 6. The van der Waals surface area contributed by atoms with Gasteiger partial charge in [0.25, 0.3) is 11.8 Å². The molecule has 150 valence electrons. The summed E-state index contributed by atoms with van der Waals surface area (Å²) in [5, 5.41) is 14.0. The SMILES string of the molecule is Cc1nc(C(=O)N2C[C@@H]3Cc4nnc(C(=O)NCCN(C)C)n4C[C@@H]3C2)cs1. The van der Waals surface area contributed by atoms with Gasteiger partial charge in [0.15, 0.2) is 0 Å². The molecule has 9 nitrogen and oxygen atoms in total. The third kappa shape index (κ3) is 3.66. The Kier molecular flexibility index (Phi) is 5.15. The molecule has 10 heteroatoms. The molecule has 0 aromatic carbocycles. The molecule has 4 heterocycles. The van der Waals surface area contributed by atoms with Gasteiger partial charge in [-0.1, -0.05) is 0 Å². The van der Waals surface area contributed by atoms with Crippen molar-refractivity contribution >= 4 is 23.2 Å². The van der Waals surface area contributed by atoms with E-state index in [0.717, 1.165) is 23.8 Å². The Labute approximate surface area is 167 Å². The van der Waals surface area contributed by atoms with Crippen LogP contribution in [-0.2, 0) is 13.0 Å². The Bertz CT molecular complexity index is 890. The largest absolute Gasteiger partial charge is 0.348 e. The summed E-state index contributed by atoms with van der Waals surface area (Å²) < 4.78 is 1.92. The maximum atomic E-state index is 12.7. The van der Waals surface area contributed by atoms with Gasteiger partial charge in [0, 0.05) is 44.5 Å². The van der Waals surface area contributed by atoms with Crippen LogP contribution in [0.3, 0.4) is 0 Å². The molecule has 2 amide bonds. The molecular weight excluding hydrogens is 378 g/mol. The number of likely N-dealkylation sites (N-methyl/N-ethyl adjacent to an activating group) is 1. The molecule has 0 spiro atoms. The molecule has 28 heavy (non-hydrogen) atoms. The summed E-state index contributed by atoms with van der Waals surface area (Å²) >= 11 is 1.49. The number of aromatic nitrogens is 4. The zero-order chi connectivity index (χ0) is 19.8. The average Bonchev–Trinajstić information content (AvgIpc) is 3.36. The minimum absolute atomic E-state index is 0.00355. The van der Waals surface area contributed by atoms with Gasteiger partial charge in [0.05, 0.1) is 5.01 Å². The highest BCUT2D eigenvalue weighted by atomic mass is 32.1. The Morgan fingerprint density at radius 2 is 2.04 bits per heavy atom. The monoisotopic (exact) mass is 403 g/mol. The van der Waals surface area contributed by atoms with Crippen molar-refractivity contribution < 1.29 is 9.59 Å². The van der Waals surface area contributed by atoms with Crippen LogP contribution >= 0.6 is 11.3 Å². The van der Waals surface area contributed by atoms with Crippen molar-refractivity contribution in [2.45, 2.75) is 19.9 Å². The topological polar surface area (TPSA) is 96.2 Å². The van der Waals surface area contributed by atoms with Gasteiger partial charge in [-0.05, 0) is 32.9 Å². The summed E-state index contributed by atoms with van der Waals surface area (Å²) in [6.45, 7) is 5.29. The van der Waals surface area contributed by atoms with Crippen LogP contribution in [-0.4, -0.2) is 81.6 Å². The van der Waals surface area contributed by atoms with Gasteiger partial charge >= 0.3 is 0 Å². The first-order chi connectivity index (χ1) is 13.4. The summed E-state index contributed by atoms with van der Waals surface area (Å²) in [7, 11) is 3.93. The average molecular weight is 404 g/mol. The zero-order valence-electron chi connectivity index (χ0n) is 16.4. The van der Waals surface area contributed by atoms with E-state index in [2.05, 4.69) is 20.5 Å². The lowest BCUT2D eigenvalue weighted by Crippen LogP contribution is -2.35. The van der Waals surface area contributed by atoms with Crippen LogP contribution in [0.1, 0.15) is 31.9 Å². The van der Waals surface area contributed by atoms with E-state index in [1.54, 1.807) is 0 Å². The van der Waals surface area contributed by atoms with Gasteiger partial charge in [-0.3, -0.25) is 9.59 Å². The van der Waals surface area contributed by atoms with Crippen molar-refractivity contribution in [3.63, 3.8) is 0 Å². The number of likely N-dealkylation sites (tertiary alicyclic amines) is 1. The first-order valence-corrected chi connectivity index (χ1v) is 10.4. The molecule has 0 radical (unpaired) electrons. The lowest BCUT2D eigenvalue weighted by atomic mass is 9.89. The molecule has 1 N–H and O–H groups in total. The van der Waals surface area contributed by atoms with E-state index in [0.29, 0.717) is 49.5 Å². The van der Waals surface area contributed by atoms with Gasteiger partial charge in [-0.15, -0.1) is 21.5 Å². The predicted molar refractivity (Wildman–Crippen MR) is 104 cm³/mol. The molecule has 2 aliphatic rings. The van der Waals surface area contributed by atoms with Crippen molar-refractivity contribution in [3.8, 4) is 0 Å². The third-order valence-corrected chi connectivity index (χ3v) is 6.21. The number of aryl methyl sites for hydroxylation is 1. The summed E-state index contributed by atoms with van der Waals surface area (Å²) in [6.07, 6.45) is 0.739. The van der Waals surface area contributed by atoms with Crippen molar-refractivity contribution in [1.82, 2.24) is 34.9 Å². The summed E-state index contributed by atoms with van der Waals surface area (Å²) in [5.41, 5.74) is 0.529. The molecule has 0 unspecified atom stereocenters. The van der Waals surface area contributed by atoms with Crippen molar-refractivity contribution in [1.29, 1.82) is 0 Å². The molecule has 2 aromatic heterocycles. The fourth-order valence-electron chi connectivity index (χ4n) is 3.95. The number of carbonyl (C=O) groups is 2. The lowest BCUT2D eigenvalue weighted by Gasteiger charge is -2.25. The quantitative estimate of drug-likeness (QED) is 0.770. The Morgan fingerprint density at radius 3 is 2.75 bits per heavy atom. The molecule has 0 bridgehead atoms. The van der Waals surface area contributed by atoms with Gasteiger partial charge in [-0.2, -0.15) is 0 Å². The van der Waals surface area contributed by atoms with Crippen LogP contribution < -0.4 is 5.32 Å².